The summed E-state index contributed by atoms with van der Waals surface area (Å²) >= 11 is 6.36. The molecule has 1 aliphatic heterocycles. The highest BCUT2D eigenvalue weighted by atomic mass is 32.2. The maximum atomic E-state index is 4.45. The van der Waals surface area contributed by atoms with Crippen LogP contribution in [0.15, 0.2) is 34.1 Å². The lowest BCUT2D eigenvalue weighted by atomic mass is 10.4. The maximum absolute atomic E-state index is 4.45. The van der Waals surface area contributed by atoms with Crippen molar-refractivity contribution in [3.63, 3.8) is 0 Å². The summed E-state index contributed by atoms with van der Waals surface area (Å²) in [6.07, 6.45) is 2.77. The molecule has 1 aromatic carbocycles. The van der Waals surface area contributed by atoms with Crippen LogP contribution in [0, 0.1) is 0 Å². The van der Waals surface area contributed by atoms with Crippen molar-refractivity contribution in [2.75, 3.05) is 25.4 Å². The topological polar surface area (TPSA) is 3.24 Å². The molecule has 1 fully saturated rings. The van der Waals surface area contributed by atoms with Gasteiger partial charge in [-0.15, -0.1) is 24.4 Å². The first-order valence-electron chi connectivity index (χ1n) is 5.49. The molecule has 0 atom stereocenters. The minimum Gasteiger partial charge on any atom is -0.303 e. The second-order valence-electron chi connectivity index (χ2n) is 3.86. The molecular formula is C12H17NS2. The summed E-state index contributed by atoms with van der Waals surface area (Å²) in [4.78, 5) is 4.96. The SMILES string of the molecule is Sc1ccccc1SCCN1CCCC1. The van der Waals surface area contributed by atoms with E-state index in [9.17, 15) is 0 Å². The predicted molar refractivity (Wildman–Crippen MR) is 70.1 cm³/mol. The molecule has 1 heterocycles. The summed E-state index contributed by atoms with van der Waals surface area (Å²) in [6, 6.07) is 8.32. The van der Waals surface area contributed by atoms with Crippen LogP contribution in [0.25, 0.3) is 0 Å². The minimum atomic E-state index is 1.10. The molecule has 0 saturated carbocycles. The number of likely N-dealkylation sites (tertiary alicyclic amines) is 1. The van der Waals surface area contributed by atoms with Gasteiger partial charge in [0.25, 0.3) is 0 Å². The fourth-order valence-corrected chi connectivity index (χ4v) is 3.18. The van der Waals surface area contributed by atoms with Gasteiger partial charge in [0, 0.05) is 22.1 Å². The third-order valence-corrected chi connectivity index (χ3v) is 4.32. The number of hydrogen-bond acceptors (Lipinski definition) is 3. The molecule has 1 saturated heterocycles. The van der Waals surface area contributed by atoms with E-state index in [1.807, 2.05) is 17.8 Å². The number of thiol groups is 1. The van der Waals surface area contributed by atoms with Crippen molar-refractivity contribution in [1.82, 2.24) is 4.90 Å². The molecule has 82 valence electrons. The number of nitrogens with zero attached hydrogens (tertiary/aromatic N) is 1. The summed E-state index contributed by atoms with van der Waals surface area (Å²) < 4.78 is 0. The van der Waals surface area contributed by atoms with E-state index >= 15 is 0 Å². The Kier molecular flexibility index (Phi) is 4.42. The number of rotatable bonds is 4. The highest BCUT2D eigenvalue weighted by Gasteiger charge is 2.10. The highest BCUT2D eigenvalue weighted by molar-refractivity contribution is 7.99. The lowest BCUT2D eigenvalue weighted by molar-refractivity contribution is 0.362. The van der Waals surface area contributed by atoms with Gasteiger partial charge >= 0.3 is 0 Å². The summed E-state index contributed by atoms with van der Waals surface area (Å²) in [5.41, 5.74) is 0. The standard InChI is InChI=1S/C12H17NS2/c14-11-5-1-2-6-12(11)15-10-9-13-7-3-4-8-13/h1-2,5-6,14H,3-4,7-10H2. The first-order valence-corrected chi connectivity index (χ1v) is 6.93. The molecule has 1 aromatic rings. The van der Waals surface area contributed by atoms with Crippen LogP contribution in [0.1, 0.15) is 12.8 Å². The molecule has 1 nitrogen and oxygen atoms in total. The fraction of sp³-hybridized carbons (Fsp3) is 0.500. The third kappa shape index (κ3) is 3.44. The normalized spacial score (nSPS) is 17.1. The van der Waals surface area contributed by atoms with Crippen molar-refractivity contribution >= 4 is 24.4 Å². The Morgan fingerprint density at radius 1 is 1.20 bits per heavy atom. The van der Waals surface area contributed by atoms with Crippen molar-refractivity contribution in [2.45, 2.75) is 22.6 Å². The van der Waals surface area contributed by atoms with E-state index in [0.717, 1.165) is 4.90 Å². The smallest absolute Gasteiger partial charge is 0.0206 e. The van der Waals surface area contributed by atoms with E-state index in [4.69, 9.17) is 0 Å². The molecule has 0 aromatic heterocycles. The molecule has 0 unspecified atom stereocenters. The van der Waals surface area contributed by atoms with E-state index < -0.39 is 0 Å². The second kappa shape index (κ2) is 5.83. The van der Waals surface area contributed by atoms with Crippen LogP contribution in [0.5, 0.6) is 0 Å². The summed E-state index contributed by atoms with van der Waals surface area (Å²) in [5, 5.41) is 0. The van der Waals surface area contributed by atoms with E-state index in [0.29, 0.717) is 0 Å². The fourth-order valence-electron chi connectivity index (χ4n) is 1.87. The molecular weight excluding hydrogens is 222 g/mol. The summed E-state index contributed by atoms with van der Waals surface area (Å²) in [7, 11) is 0. The number of hydrogen-bond donors (Lipinski definition) is 1. The molecule has 0 radical (unpaired) electrons. The molecule has 3 heteroatoms. The molecule has 0 bridgehead atoms. The van der Waals surface area contributed by atoms with Crippen molar-refractivity contribution in [3.05, 3.63) is 24.3 Å². The Morgan fingerprint density at radius 2 is 1.93 bits per heavy atom. The van der Waals surface area contributed by atoms with Gasteiger partial charge in [-0.1, -0.05) is 12.1 Å². The first-order chi connectivity index (χ1) is 7.36. The van der Waals surface area contributed by atoms with Crippen molar-refractivity contribution in [3.8, 4) is 0 Å². The zero-order valence-electron chi connectivity index (χ0n) is 8.85. The van der Waals surface area contributed by atoms with Crippen LogP contribution in [-0.2, 0) is 0 Å². The second-order valence-corrected chi connectivity index (χ2v) is 5.48. The van der Waals surface area contributed by atoms with Crippen LogP contribution < -0.4 is 0 Å². The van der Waals surface area contributed by atoms with Crippen LogP contribution in [0.2, 0.25) is 0 Å². The Hall–Kier alpha value is -0.120. The molecule has 15 heavy (non-hydrogen) atoms. The average molecular weight is 239 g/mol. The largest absolute Gasteiger partial charge is 0.303 e. The highest BCUT2D eigenvalue weighted by Crippen LogP contribution is 2.25. The van der Waals surface area contributed by atoms with Crippen LogP contribution in [-0.4, -0.2) is 30.3 Å². The van der Waals surface area contributed by atoms with Gasteiger partial charge in [0.05, 0.1) is 0 Å². The van der Waals surface area contributed by atoms with Gasteiger partial charge in [-0.2, -0.15) is 0 Å². The molecule has 2 rings (SSSR count). The Morgan fingerprint density at radius 3 is 2.67 bits per heavy atom. The lowest BCUT2D eigenvalue weighted by Gasteiger charge is -2.14. The van der Waals surface area contributed by atoms with Crippen molar-refractivity contribution in [1.29, 1.82) is 0 Å². The van der Waals surface area contributed by atoms with Crippen LogP contribution in [0.4, 0.5) is 0 Å². The monoisotopic (exact) mass is 239 g/mol. The van der Waals surface area contributed by atoms with E-state index in [1.165, 1.54) is 43.1 Å². The first kappa shape index (κ1) is 11.4. The lowest BCUT2D eigenvalue weighted by Crippen LogP contribution is -2.21. The number of benzene rings is 1. The molecule has 0 spiro atoms. The molecule has 0 amide bonds. The van der Waals surface area contributed by atoms with Gasteiger partial charge in [0.1, 0.15) is 0 Å². The molecule has 0 aliphatic carbocycles. The molecule has 0 N–H and O–H groups in total. The predicted octanol–water partition coefficient (Wildman–Crippen LogP) is 3.16. The van der Waals surface area contributed by atoms with Gasteiger partial charge in [-0.3, -0.25) is 0 Å². The average Bonchev–Trinajstić information content (AvgIpc) is 2.74. The number of thioether (sulfide) groups is 1. The zero-order chi connectivity index (χ0) is 10.5. The Balaban J connectivity index is 1.75. The zero-order valence-corrected chi connectivity index (χ0v) is 10.6. The van der Waals surface area contributed by atoms with E-state index in [-0.39, 0.29) is 0 Å². The van der Waals surface area contributed by atoms with E-state index in [2.05, 4.69) is 35.7 Å². The van der Waals surface area contributed by atoms with Gasteiger partial charge in [-0.25, -0.2) is 0 Å². The Bertz CT molecular complexity index is 308. The minimum absolute atomic E-state index is 1.10. The van der Waals surface area contributed by atoms with Gasteiger partial charge in [0.15, 0.2) is 0 Å². The van der Waals surface area contributed by atoms with Gasteiger partial charge < -0.3 is 4.90 Å². The van der Waals surface area contributed by atoms with Gasteiger partial charge in [0.2, 0.25) is 0 Å². The summed E-state index contributed by atoms with van der Waals surface area (Å²) in [6.45, 7) is 3.80. The van der Waals surface area contributed by atoms with Crippen molar-refractivity contribution < 1.29 is 0 Å². The summed E-state index contributed by atoms with van der Waals surface area (Å²) in [5.74, 6) is 1.18. The van der Waals surface area contributed by atoms with Crippen LogP contribution in [0.3, 0.4) is 0 Å². The van der Waals surface area contributed by atoms with Crippen molar-refractivity contribution in [2.24, 2.45) is 0 Å². The maximum Gasteiger partial charge on any atom is 0.0206 e. The molecule has 1 aliphatic rings. The van der Waals surface area contributed by atoms with E-state index in [1.54, 1.807) is 0 Å². The quantitative estimate of drug-likeness (QED) is 0.635. The third-order valence-electron chi connectivity index (χ3n) is 2.73. The van der Waals surface area contributed by atoms with Gasteiger partial charge in [-0.05, 0) is 38.1 Å². The van der Waals surface area contributed by atoms with Crippen LogP contribution >= 0.6 is 24.4 Å². The Labute approximate surface area is 102 Å².